The van der Waals surface area contributed by atoms with E-state index in [2.05, 4.69) is 9.98 Å². The average Bonchev–Trinajstić information content (AvgIpc) is 2.48. The zero-order valence-electron chi connectivity index (χ0n) is 11.0. The van der Waals surface area contributed by atoms with Crippen molar-refractivity contribution < 1.29 is 0 Å². The van der Waals surface area contributed by atoms with Gasteiger partial charge >= 0.3 is 0 Å². The van der Waals surface area contributed by atoms with Crippen LogP contribution in [0.25, 0.3) is 10.9 Å². The molecule has 3 aromatic rings. The minimum atomic E-state index is 0.484. The van der Waals surface area contributed by atoms with Gasteiger partial charge in [0.05, 0.1) is 26.3 Å². The highest BCUT2D eigenvalue weighted by molar-refractivity contribution is 6.37. The summed E-state index contributed by atoms with van der Waals surface area (Å²) in [4.78, 5) is 8.72. The number of hydrogen-bond donors (Lipinski definition) is 0. The van der Waals surface area contributed by atoms with Crippen LogP contribution in [0.4, 0.5) is 5.69 Å². The van der Waals surface area contributed by atoms with Crippen molar-refractivity contribution in [3.8, 4) is 0 Å². The lowest BCUT2D eigenvalue weighted by Gasteiger charge is -2.04. The van der Waals surface area contributed by atoms with Gasteiger partial charge in [0.2, 0.25) is 0 Å². The van der Waals surface area contributed by atoms with E-state index in [0.717, 1.165) is 16.5 Å². The fourth-order valence-corrected chi connectivity index (χ4v) is 2.83. The van der Waals surface area contributed by atoms with Crippen LogP contribution in [-0.2, 0) is 0 Å². The minimum Gasteiger partial charge on any atom is -0.255 e. The molecule has 110 valence electrons. The summed E-state index contributed by atoms with van der Waals surface area (Å²) >= 11 is 24.1. The molecule has 0 aliphatic carbocycles. The molecule has 3 rings (SSSR count). The van der Waals surface area contributed by atoms with Crippen LogP contribution in [0.15, 0.2) is 47.6 Å². The minimum absolute atomic E-state index is 0.484. The molecular weight excluding hydrogens is 362 g/mol. The quantitative estimate of drug-likeness (QED) is 0.467. The van der Waals surface area contributed by atoms with Crippen LogP contribution in [0.5, 0.6) is 0 Å². The fourth-order valence-electron chi connectivity index (χ4n) is 2.01. The van der Waals surface area contributed by atoms with Gasteiger partial charge in [-0.2, -0.15) is 0 Å². The Kier molecular flexibility index (Phi) is 4.55. The molecule has 1 aromatic heterocycles. The summed E-state index contributed by atoms with van der Waals surface area (Å²) in [5.41, 5.74) is 2.18. The first-order valence-corrected chi connectivity index (χ1v) is 7.78. The SMILES string of the molecule is Clc1ccc(N=Cc2ccc(Cl)c3cc(Cl)cnc23)c(Cl)c1. The normalized spacial score (nSPS) is 11.5. The molecule has 0 aliphatic rings. The van der Waals surface area contributed by atoms with Crippen LogP contribution in [0.1, 0.15) is 5.56 Å². The predicted molar refractivity (Wildman–Crippen MR) is 95.5 cm³/mol. The second-order valence-corrected chi connectivity index (χ2v) is 6.23. The number of halogens is 4. The van der Waals surface area contributed by atoms with E-state index in [1.807, 2.05) is 6.07 Å². The number of nitrogens with zero attached hydrogens (tertiary/aromatic N) is 2. The molecule has 1 heterocycles. The predicted octanol–water partition coefficient (Wildman–Crippen LogP) is 6.60. The molecule has 0 radical (unpaired) electrons. The van der Waals surface area contributed by atoms with Gasteiger partial charge in [0.15, 0.2) is 0 Å². The zero-order chi connectivity index (χ0) is 15.7. The molecule has 0 saturated carbocycles. The number of fused-ring (bicyclic) bond motifs is 1. The maximum Gasteiger partial charge on any atom is 0.0817 e. The number of benzene rings is 2. The van der Waals surface area contributed by atoms with Gasteiger partial charge < -0.3 is 0 Å². The van der Waals surface area contributed by atoms with E-state index in [0.29, 0.717) is 25.8 Å². The number of aromatic nitrogens is 1. The lowest BCUT2D eigenvalue weighted by molar-refractivity contribution is 1.40. The maximum absolute atomic E-state index is 6.18. The molecule has 0 N–H and O–H groups in total. The summed E-state index contributed by atoms with van der Waals surface area (Å²) in [6, 6.07) is 10.5. The van der Waals surface area contributed by atoms with Gasteiger partial charge in [0, 0.05) is 28.4 Å². The third-order valence-corrected chi connectivity index (χ3v) is 4.12. The lowest BCUT2D eigenvalue weighted by Crippen LogP contribution is -1.89. The molecule has 0 aliphatic heterocycles. The largest absolute Gasteiger partial charge is 0.255 e. The van der Waals surface area contributed by atoms with Gasteiger partial charge in [-0.1, -0.05) is 46.4 Å². The Hall–Kier alpha value is -1.32. The molecule has 2 aromatic carbocycles. The number of rotatable bonds is 2. The first-order valence-electron chi connectivity index (χ1n) is 6.27. The van der Waals surface area contributed by atoms with Gasteiger partial charge in [-0.05, 0) is 36.4 Å². The van der Waals surface area contributed by atoms with Crippen molar-refractivity contribution in [3.05, 3.63) is 68.2 Å². The van der Waals surface area contributed by atoms with E-state index in [1.165, 1.54) is 0 Å². The van der Waals surface area contributed by atoms with E-state index in [9.17, 15) is 0 Å². The highest BCUT2D eigenvalue weighted by Gasteiger charge is 2.06. The Labute approximate surface area is 147 Å². The fraction of sp³-hybridized carbons (Fsp3) is 0. The van der Waals surface area contributed by atoms with Crippen LogP contribution in [0, 0.1) is 0 Å². The van der Waals surface area contributed by atoms with Crippen LogP contribution < -0.4 is 0 Å². The Morgan fingerprint density at radius 2 is 1.68 bits per heavy atom. The summed E-state index contributed by atoms with van der Waals surface area (Å²) in [6.45, 7) is 0. The molecule has 0 spiro atoms. The maximum atomic E-state index is 6.18. The molecule has 0 saturated heterocycles. The molecule has 0 amide bonds. The molecule has 22 heavy (non-hydrogen) atoms. The Bertz CT molecular complexity index is 891. The van der Waals surface area contributed by atoms with Crippen LogP contribution in [-0.4, -0.2) is 11.2 Å². The van der Waals surface area contributed by atoms with E-state index in [-0.39, 0.29) is 0 Å². The summed E-state index contributed by atoms with van der Waals surface area (Å²) < 4.78 is 0. The van der Waals surface area contributed by atoms with Crippen LogP contribution in [0.2, 0.25) is 20.1 Å². The second kappa shape index (κ2) is 6.43. The average molecular weight is 370 g/mol. The van der Waals surface area contributed by atoms with Gasteiger partial charge in [0.1, 0.15) is 0 Å². The molecule has 0 fully saturated rings. The van der Waals surface area contributed by atoms with Gasteiger partial charge in [-0.15, -0.1) is 0 Å². The lowest BCUT2D eigenvalue weighted by atomic mass is 10.1. The standard InChI is InChI=1S/C16H8Cl4N2/c17-10-2-4-15(14(20)6-10)21-7-9-1-3-13(19)12-5-11(18)8-22-16(9)12/h1-8H. The highest BCUT2D eigenvalue weighted by atomic mass is 35.5. The summed E-state index contributed by atoms with van der Waals surface area (Å²) in [6.07, 6.45) is 3.27. The second-order valence-electron chi connectivity index (χ2n) is 4.54. The molecule has 2 nitrogen and oxygen atoms in total. The van der Waals surface area contributed by atoms with Crippen molar-refractivity contribution >= 4 is 69.2 Å². The van der Waals surface area contributed by atoms with Crippen LogP contribution >= 0.6 is 46.4 Å². The van der Waals surface area contributed by atoms with E-state index in [1.54, 1.807) is 42.7 Å². The van der Waals surface area contributed by atoms with Crippen molar-refractivity contribution in [1.29, 1.82) is 0 Å². The monoisotopic (exact) mass is 368 g/mol. The van der Waals surface area contributed by atoms with E-state index >= 15 is 0 Å². The van der Waals surface area contributed by atoms with Gasteiger partial charge in [-0.25, -0.2) is 0 Å². The van der Waals surface area contributed by atoms with Crippen molar-refractivity contribution in [2.45, 2.75) is 0 Å². The van der Waals surface area contributed by atoms with E-state index < -0.39 is 0 Å². The molecule has 0 atom stereocenters. The Morgan fingerprint density at radius 1 is 0.864 bits per heavy atom. The van der Waals surface area contributed by atoms with Gasteiger partial charge in [-0.3, -0.25) is 9.98 Å². The molecular formula is C16H8Cl4N2. The van der Waals surface area contributed by atoms with Crippen molar-refractivity contribution in [2.75, 3.05) is 0 Å². The molecule has 0 bridgehead atoms. The smallest absolute Gasteiger partial charge is 0.0817 e. The van der Waals surface area contributed by atoms with Crippen molar-refractivity contribution in [1.82, 2.24) is 4.98 Å². The highest BCUT2D eigenvalue weighted by Crippen LogP contribution is 2.29. The zero-order valence-corrected chi connectivity index (χ0v) is 14.0. The topological polar surface area (TPSA) is 25.2 Å². The number of aliphatic imine (C=N–C) groups is 1. The Balaban J connectivity index is 2.07. The third kappa shape index (κ3) is 3.21. The van der Waals surface area contributed by atoms with Crippen molar-refractivity contribution in [3.63, 3.8) is 0 Å². The van der Waals surface area contributed by atoms with Crippen LogP contribution in [0.3, 0.4) is 0 Å². The summed E-state index contributed by atoms with van der Waals surface area (Å²) in [5.74, 6) is 0. The van der Waals surface area contributed by atoms with Gasteiger partial charge in [0.25, 0.3) is 0 Å². The van der Waals surface area contributed by atoms with E-state index in [4.69, 9.17) is 46.4 Å². The Morgan fingerprint density at radius 3 is 2.45 bits per heavy atom. The number of pyridine rings is 1. The summed E-state index contributed by atoms with van der Waals surface area (Å²) in [7, 11) is 0. The molecule has 6 heteroatoms. The first-order chi connectivity index (χ1) is 10.5. The van der Waals surface area contributed by atoms with Crippen molar-refractivity contribution in [2.24, 2.45) is 4.99 Å². The molecule has 0 unspecified atom stereocenters. The third-order valence-electron chi connectivity index (χ3n) is 3.05. The number of hydrogen-bond acceptors (Lipinski definition) is 2. The first kappa shape index (κ1) is 15.6. The summed E-state index contributed by atoms with van der Waals surface area (Å²) in [5, 5.41) is 2.95.